The van der Waals surface area contributed by atoms with Crippen LogP contribution >= 0.6 is 27.5 Å². The third kappa shape index (κ3) is 3.39. The molecule has 1 aliphatic heterocycles. The third-order valence-corrected chi connectivity index (χ3v) is 4.33. The zero-order chi connectivity index (χ0) is 14.8. The molecule has 5 heteroatoms. The standard InChI is InChI=1S/C16H15BrClN3/c17-12-3-1-2-11(8-12)15-9-14(20-16(19)21-15)10-4-6-13(18)7-5-10/h1-8,14-15H,9H2,(H3,19,20,21). The van der Waals surface area contributed by atoms with Crippen LogP contribution in [0.2, 0.25) is 5.02 Å². The van der Waals surface area contributed by atoms with Crippen LogP contribution in [-0.2, 0) is 0 Å². The van der Waals surface area contributed by atoms with Crippen LogP contribution in [-0.4, -0.2) is 5.96 Å². The summed E-state index contributed by atoms with van der Waals surface area (Å²) in [5.41, 5.74) is 8.28. The normalized spacial score (nSPS) is 21.5. The van der Waals surface area contributed by atoms with Gasteiger partial charge >= 0.3 is 0 Å². The first-order valence-corrected chi connectivity index (χ1v) is 7.89. The van der Waals surface area contributed by atoms with Crippen molar-refractivity contribution in [2.24, 2.45) is 10.7 Å². The number of hydrogen-bond acceptors (Lipinski definition) is 3. The van der Waals surface area contributed by atoms with E-state index in [1.165, 1.54) is 0 Å². The maximum atomic E-state index is 5.96. The lowest BCUT2D eigenvalue weighted by Gasteiger charge is -2.29. The number of nitrogens with two attached hydrogens (primary N) is 1. The van der Waals surface area contributed by atoms with Gasteiger partial charge in [0.2, 0.25) is 0 Å². The second kappa shape index (κ2) is 6.08. The van der Waals surface area contributed by atoms with Crippen molar-refractivity contribution in [1.29, 1.82) is 0 Å². The van der Waals surface area contributed by atoms with E-state index in [4.69, 9.17) is 17.3 Å². The van der Waals surface area contributed by atoms with Gasteiger partial charge in [0, 0.05) is 9.50 Å². The van der Waals surface area contributed by atoms with Crippen LogP contribution in [0.15, 0.2) is 58.0 Å². The molecule has 1 aliphatic rings. The summed E-state index contributed by atoms with van der Waals surface area (Å²) < 4.78 is 1.05. The van der Waals surface area contributed by atoms with Crippen LogP contribution in [0.4, 0.5) is 0 Å². The van der Waals surface area contributed by atoms with Gasteiger partial charge in [-0.25, -0.2) is 4.99 Å². The van der Waals surface area contributed by atoms with Crippen molar-refractivity contribution in [3.8, 4) is 0 Å². The van der Waals surface area contributed by atoms with Gasteiger partial charge in [-0.1, -0.05) is 51.8 Å². The van der Waals surface area contributed by atoms with Crippen molar-refractivity contribution >= 4 is 33.5 Å². The van der Waals surface area contributed by atoms with E-state index in [0.29, 0.717) is 5.96 Å². The number of aliphatic imine (C=N–C) groups is 1. The molecule has 3 nitrogen and oxygen atoms in total. The predicted octanol–water partition coefficient (Wildman–Crippen LogP) is 4.19. The molecule has 108 valence electrons. The van der Waals surface area contributed by atoms with E-state index in [-0.39, 0.29) is 12.1 Å². The molecule has 21 heavy (non-hydrogen) atoms. The lowest BCUT2D eigenvalue weighted by atomic mass is 9.94. The topological polar surface area (TPSA) is 50.4 Å². The summed E-state index contributed by atoms with van der Waals surface area (Å²) in [7, 11) is 0. The molecule has 2 aromatic carbocycles. The van der Waals surface area contributed by atoms with Crippen molar-refractivity contribution in [3.63, 3.8) is 0 Å². The van der Waals surface area contributed by atoms with E-state index in [9.17, 15) is 0 Å². The molecule has 3 N–H and O–H groups in total. The summed E-state index contributed by atoms with van der Waals surface area (Å²) in [5, 5.41) is 3.98. The van der Waals surface area contributed by atoms with Gasteiger partial charge in [0.1, 0.15) is 0 Å². The molecule has 1 heterocycles. The lowest BCUT2D eigenvalue weighted by Crippen LogP contribution is -2.39. The number of hydrogen-bond donors (Lipinski definition) is 2. The van der Waals surface area contributed by atoms with Crippen LogP contribution < -0.4 is 11.1 Å². The minimum atomic E-state index is 0.0597. The predicted molar refractivity (Wildman–Crippen MR) is 90.5 cm³/mol. The molecule has 0 spiro atoms. The molecule has 0 saturated heterocycles. The van der Waals surface area contributed by atoms with Gasteiger partial charge in [0.15, 0.2) is 5.96 Å². The molecular formula is C16H15BrClN3. The molecule has 0 fully saturated rings. The fraction of sp³-hybridized carbons (Fsp3) is 0.188. The van der Waals surface area contributed by atoms with E-state index in [0.717, 1.165) is 27.0 Å². The Hall–Kier alpha value is -1.52. The van der Waals surface area contributed by atoms with Crippen LogP contribution in [0.5, 0.6) is 0 Å². The van der Waals surface area contributed by atoms with Crippen LogP contribution in [0, 0.1) is 0 Å². The van der Waals surface area contributed by atoms with E-state index < -0.39 is 0 Å². The first-order chi connectivity index (χ1) is 10.1. The van der Waals surface area contributed by atoms with Crippen LogP contribution in [0.25, 0.3) is 0 Å². The van der Waals surface area contributed by atoms with Gasteiger partial charge in [-0.3, -0.25) is 0 Å². The van der Waals surface area contributed by atoms with E-state index in [1.54, 1.807) is 0 Å². The minimum absolute atomic E-state index is 0.0597. The van der Waals surface area contributed by atoms with Crippen LogP contribution in [0.1, 0.15) is 29.6 Å². The molecule has 0 bridgehead atoms. The van der Waals surface area contributed by atoms with E-state index >= 15 is 0 Å². The maximum Gasteiger partial charge on any atom is 0.189 e. The van der Waals surface area contributed by atoms with Crippen molar-refractivity contribution in [1.82, 2.24) is 5.32 Å². The maximum absolute atomic E-state index is 5.96. The Labute approximate surface area is 137 Å². The summed E-state index contributed by atoms with van der Waals surface area (Å²) in [4.78, 5) is 4.52. The third-order valence-electron chi connectivity index (χ3n) is 3.58. The highest BCUT2D eigenvalue weighted by Gasteiger charge is 2.24. The lowest BCUT2D eigenvalue weighted by molar-refractivity contribution is 0.487. The second-order valence-electron chi connectivity index (χ2n) is 5.07. The Morgan fingerprint density at radius 2 is 1.90 bits per heavy atom. The smallest absolute Gasteiger partial charge is 0.189 e. The Bertz CT molecular complexity index is 669. The molecule has 0 radical (unpaired) electrons. The zero-order valence-electron chi connectivity index (χ0n) is 11.3. The molecule has 0 amide bonds. The van der Waals surface area contributed by atoms with Gasteiger partial charge in [-0.05, 0) is 41.8 Å². The zero-order valence-corrected chi connectivity index (χ0v) is 13.6. The highest BCUT2D eigenvalue weighted by Crippen LogP contribution is 2.33. The second-order valence-corrected chi connectivity index (χ2v) is 6.42. The minimum Gasteiger partial charge on any atom is -0.370 e. The highest BCUT2D eigenvalue weighted by molar-refractivity contribution is 9.10. The SMILES string of the molecule is NC1=NC(c2cccc(Br)c2)CC(c2ccc(Cl)cc2)N1. The van der Waals surface area contributed by atoms with Crippen molar-refractivity contribution in [3.05, 3.63) is 69.2 Å². The molecule has 0 aromatic heterocycles. The number of rotatable bonds is 2. The summed E-state index contributed by atoms with van der Waals surface area (Å²) in [5.74, 6) is 0.478. The average molecular weight is 365 g/mol. The van der Waals surface area contributed by atoms with Crippen molar-refractivity contribution < 1.29 is 0 Å². The van der Waals surface area contributed by atoms with Gasteiger partial charge in [-0.15, -0.1) is 0 Å². The van der Waals surface area contributed by atoms with Gasteiger partial charge < -0.3 is 11.1 Å². The fourth-order valence-corrected chi connectivity index (χ4v) is 3.10. The van der Waals surface area contributed by atoms with E-state index in [1.807, 2.05) is 36.4 Å². The highest BCUT2D eigenvalue weighted by atomic mass is 79.9. The number of benzene rings is 2. The van der Waals surface area contributed by atoms with E-state index in [2.05, 4.69) is 38.4 Å². The Balaban J connectivity index is 1.87. The molecule has 0 saturated carbocycles. The summed E-state index contributed by atoms with van der Waals surface area (Å²) in [6, 6.07) is 16.2. The van der Waals surface area contributed by atoms with Crippen molar-refractivity contribution in [2.45, 2.75) is 18.5 Å². The summed E-state index contributed by atoms with van der Waals surface area (Å²) in [6.07, 6.45) is 0.860. The first kappa shape index (κ1) is 14.4. The largest absolute Gasteiger partial charge is 0.370 e. The molecule has 0 aliphatic carbocycles. The Morgan fingerprint density at radius 1 is 1.14 bits per heavy atom. The molecule has 3 rings (SSSR count). The molecule has 2 aromatic rings. The number of halogens is 2. The Kier molecular flexibility index (Phi) is 4.17. The number of guanidine groups is 1. The first-order valence-electron chi connectivity index (χ1n) is 6.72. The summed E-state index contributed by atoms with van der Waals surface area (Å²) in [6.45, 7) is 0. The van der Waals surface area contributed by atoms with Gasteiger partial charge in [-0.2, -0.15) is 0 Å². The fourth-order valence-electron chi connectivity index (χ4n) is 2.56. The summed E-state index contributed by atoms with van der Waals surface area (Å²) >= 11 is 9.45. The number of nitrogens with zero attached hydrogens (tertiary/aromatic N) is 1. The van der Waals surface area contributed by atoms with Gasteiger partial charge in [0.25, 0.3) is 0 Å². The Morgan fingerprint density at radius 3 is 2.62 bits per heavy atom. The molecule has 2 unspecified atom stereocenters. The van der Waals surface area contributed by atoms with Gasteiger partial charge in [0.05, 0.1) is 12.1 Å². The van der Waals surface area contributed by atoms with Crippen LogP contribution in [0.3, 0.4) is 0 Å². The molecule has 2 atom stereocenters. The monoisotopic (exact) mass is 363 g/mol. The quantitative estimate of drug-likeness (QED) is 0.839. The number of nitrogens with one attached hydrogen (secondary N) is 1. The molecular weight excluding hydrogens is 350 g/mol. The average Bonchev–Trinajstić information content (AvgIpc) is 2.47. The van der Waals surface area contributed by atoms with Crippen molar-refractivity contribution in [2.75, 3.05) is 0 Å².